The molecule has 0 amide bonds. The van der Waals surface area contributed by atoms with E-state index in [1.165, 1.54) is 24.0 Å². The molecule has 26 heavy (non-hydrogen) atoms. The standard InChI is InChI=1S/C20H15N3O2S/c1-12-2-4-13(5-3-12)16-10-26-19-17(16)18(21-11-22-19)23-15-8-6-14(7-9-15)20(24)25/h2-11H,1H3,(H,24,25)(H,21,22,23)/p-1. The van der Waals surface area contributed by atoms with Crippen LogP contribution in [0, 0.1) is 6.92 Å². The molecular weight excluding hydrogens is 346 g/mol. The Morgan fingerprint density at radius 1 is 1.04 bits per heavy atom. The molecule has 0 saturated heterocycles. The Morgan fingerprint density at radius 2 is 1.77 bits per heavy atom. The Bertz CT molecular complexity index is 1090. The van der Waals surface area contributed by atoms with E-state index < -0.39 is 5.97 Å². The van der Waals surface area contributed by atoms with Gasteiger partial charge >= 0.3 is 0 Å². The fourth-order valence-electron chi connectivity index (χ4n) is 2.74. The number of nitrogens with zero attached hydrogens (tertiary/aromatic N) is 2. The Kier molecular flexibility index (Phi) is 4.10. The number of carboxylic acids is 1. The van der Waals surface area contributed by atoms with E-state index in [0.717, 1.165) is 27.0 Å². The Labute approximate surface area is 154 Å². The Morgan fingerprint density at radius 3 is 2.46 bits per heavy atom. The van der Waals surface area contributed by atoms with E-state index in [1.54, 1.807) is 23.5 Å². The van der Waals surface area contributed by atoms with Crippen molar-refractivity contribution in [3.8, 4) is 11.1 Å². The van der Waals surface area contributed by atoms with Gasteiger partial charge in [-0.25, -0.2) is 9.97 Å². The molecule has 0 fully saturated rings. The van der Waals surface area contributed by atoms with Crippen molar-refractivity contribution in [1.82, 2.24) is 9.97 Å². The number of carbonyl (C=O) groups is 1. The second kappa shape index (κ2) is 6.57. The highest BCUT2D eigenvalue weighted by Gasteiger charge is 2.13. The maximum absolute atomic E-state index is 10.9. The highest BCUT2D eigenvalue weighted by atomic mass is 32.1. The van der Waals surface area contributed by atoms with E-state index in [-0.39, 0.29) is 5.56 Å². The number of carbonyl (C=O) groups excluding carboxylic acids is 1. The number of aromatic nitrogens is 2. The van der Waals surface area contributed by atoms with Gasteiger partial charge in [0.25, 0.3) is 0 Å². The molecule has 0 radical (unpaired) electrons. The lowest BCUT2D eigenvalue weighted by molar-refractivity contribution is -0.255. The van der Waals surface area contributed by atoms with Crippen molar-refractivity contribution >= 4 is 39.0 Å². The summed E-state index contributed by atoms with van der Waals surface area (Å²) in [5, 5.41) is 17.2. The monoisotopic (exact) mass is 360 g/mol. The third-order valence-electron chi connectivity index (χ3n) is 4.12. The maximum Gasteiger partial charge on any atom is 0.143 e. The van der Waals surface area contributed by atoms with Crippen LogP contribution in [0.1, 0.15) is 15.9 Å². The fraction of sp³-hybridized carbons (Fsp3) is 0.0500. The molecule has 2 heterocycles. The molecule has 2 aromatic heterocycles. The van der Waals surface area contributed by atoms with Gasteiger partial charge in [-0.05, 0) is 30.2 Å². The van der Waals surface area contributed by atoms with Crippen LogP contribution in [0.4, 0.5) is 11.5 Å². The van der Waals surface area contributed by atoms with E-state index in [4.69, 9.17) is 0 Å². The molecule has 0 unspecified atom stereocenters. The van der Waals surface area contributed by atoms with Crippen LogP contribution >= 0.6 is 11.3 Å². The first-order chi connectivity index (χ1) is 12.6. The molecule has 1 N–H and O–H groups in total. The third kappa shape index (κ3) is 3.02. The molecule has 4 aromatic rings. The molecule has 0 aliphatic rings. The summed E-state index contributed by atoms with van der Waals surface area (Å²) < 4.78 is 0. The second-order valence-corrected chi connectivity index (χ2v) is 6.77. The van der Waals surface area contributed by atoms with Gasteiger partial charge in [0, 0.05) is 16.6 Å². The minimum atomic E-state index is -1.19. The number of hydrogen-bond donors (Lipinski definition) is 1. The zero-order valence-corrected chi connectivity index (χ0v) is 14.7. The first kappa shape index (κ1) is 16.2. The van der Waals surface area contributed by atoms with Crippen molar-refractivity contribution in [2.24, 2.45) is 0 Å². The summed E-state index contributed by atoms with van der Waals surface area (Å²) >= 11 is 1.57. The summed E-state index contributed by atoms with van der Waals surface area (Å²) in [6.07, 6.45) is 1.52. The number of aryl methyl sites for hydroxylation is 1. The van der Waals surface area contributed by atoms with Crippen LogP contribution in [0.5, 0.6) is 0 Å². The van der Waals surface area contributed by atoms with Gasteiger partial charge in [0.2, 0.25) is 0 Å². The second-order valence-electron chi connectivity index (χ2n) is 5.91. The van der Waals surface area contributed by atoms with Crippen LogP contribution in [-0.4, -0.2) is 15.9 Å². The summed E-state index contributed by atoms with van der Waals surface area (Å²) in [7, 11) is 0. The van der Waals surface area contributed by atoms with Gasteiger partial charge in [0.1, 0.15) is 17.0 Å². The van der Waals surface area contributed by atoms with Gasteiger partial charge in [0.05, 0.1) is 11.4 Å². The molecule has 0 aliphatic heterocycles. The van der Waals surface area contributed by atoms with Crippen molar-refractivity contribution in [2.75, 3.05) is 5.32 Å². The van der Waals surface area contributed by atoms with Gasteiger partial charge in [-0.15, -0.1) is 11.3 Å². The molecular formula is C20H14N3O2S-. The maximum atomic E-state index is 10.9. The number of benzene rings is 2. The first-order valence-electron chi connectivity index (χ1n) is 7.99. The topological polar surface area (TPSA) is 77.9 Å². The number of thiophene rings is 1. The molecule has 5 nitrogen and oxygen atoms in total. The van der Waals surface area contributed by atoms with Crippen molar-refractivity contribution in [1.29, 1.82) is 0 Å². The normalized spacial score (nSPS) is 10.8. The molecule has 4 rings (SSSR count). The van der Waals surface area contributed by atoms with E-state index in [0.29, 0.717) is 5.82 Å². The van der Waals surface area contributed by atoms with Crippen molar-refractivity contribution in [3.63, 3.8) is 0 Å². The van der Waals surface area contributed by atoms with Crippen LogP contribution < -0.4 is 10.4 Å². The number of carboxylic acid groups (broad SMARTS) is 1. The van der Waals surface area contributed by atoms with Gasteiger partial charge in [-0.2, -0.15) is 0 Å². The molecule has 128 valence electrons. The predicted octanol–water partition coefficient (Wildman–Crippen LogP) is 3.77. The minimum Gasteiger partial charge on any atom is -0.545 e. The lowest BCUT2D eigenvalue weighted by Gasteiger charge is -2.10. The lowest BCUT2D eigenvalue weighted by atomic mass is 10.0. The molecule has 0 saturated carbocycles. The lowest BCUT2D eigenvalue weighted by Crippen LogP contribution is -2.21. The van der Waals surface area contributed by atoms with E-state index >= 15 is 0 Å². The summed E-state index contributed by atoms with van der Waals surface area (Å²) in [5.74, 6) is -0.506. The van der Waals surface area contributed by atoms with Gasteiger partial charge in [0.15, 0.2) is 0 Å². The molecule has 0 atom stereocenters. The van der Waals surface area contributed by atoms with Crippen LogP contribution in [-0.2, 0) is 0 Å². The Balaban J connectivity index is 1.76. The average molecular weight is 360 g/mol. The van der Waals surface area contributed by atoms with E-state index in [1.807, 2.05) is 0 Å². The van der Waals surface area contributed by atoms with Gasteiger partial charge in [-0.1, -0.05) is 42.0 Å². The number of aromatic carboxylic acids is 1. The summed E-state index contributed by atoms with van der Waals surface area (Å²) in [5.41, 5.74) is 4.26. The number of nitrogens with one attached hydrogen (secondary N) is 1. The molecule has 0 bridgehead atoms. The molecule has 2 aromatic carbocycles. The smallest absolute Gasteiger partial charge is 0.143 e. The van der Waals surface area contributed by atoms with Crippen LogP contribution in [0.25, 0.3) is 21.3 Å². The number of anilines is 2. The van der Waals surface area contributed by atoms with Gasteiger partial charge in [-0.3, -0.25) is 0 Å². The fourth-order valence-corrected chi connectivity index (χ4v) is 3.66. The van der Waals surface area contributed by atoms with Crippen molar-refractivity contribution < 1.29 is 9.90 Å². The average Bonchev–Trinajstić information content (AvgIpc) is 3.08. The highest BCUT2D eigenvalue weighted by Crippen LogP contribution is 2.37. The molecule has 6 heteroatoms. The van der Waals surface area contributed by atoms with Crippen LogP contribution in [0.15, 0.2) is 60.2 Å². The zero-order valence-electron chi connectivity index (χ0n) is 13.9. The summed E-state index contributed by atoms with van der Waals surface area (Å²) in [6, 6.07) is 14.7. The van der Waals surface area contributed by atoms with Crippen LogP contribution in [0.2, 0.25) is 0 Å². The largest absolute Gasteiger partial charge is 0.545 e. The summed E-state index contributed by atoms with van der Waals surface area (Å²) in [4.78, 5) is 20.5. The quantitative estimate of drug-likeness (QED) is 0.599. The van der Waals surface area contributed by atoms with E-state index in [2.05, 4.69) is 51.9 Å². The zero-order chi connectivity index (χ0) is 18.1. The van der Waals surface area contributed by atoms with Crippen molar-refractivity contribution in [2.45, 2.75) is 6.92 Å². The predicted molar refractivity (Wildman–Crippen MR) is 102 cm³/mol. The molecule has 0 spiro atoms. The summed E-state index contributed by atoms with van der Waals surface area (Å²) in [6.45, 7) is 2.06. The van der Waals surface area contributed by atoms with Crippen molar-refractivity contribution in [3.05, 3.63) is 71.4 Å². The number of hydrogen-bond acceptors (Lipinski definition) is 6. The molecule has 0 aliphatic carbocycles. The van der Waals surface area contributed by atoms with Crippen LogP contribution in [0.3, 0.4) is 0 Å². The Hall–Kier alpha value is -3.25. The van der Waals surface area contributed by atoms with E-state index in [9.17, 15) is 9.90 Å². The SMILES string of the molecule is Cc1ccc(-c2csc3ncnc(Nc4ccc(C(=O)[O-])cc4)c23)cc1. The third-order valence-corrected chi connectivity index (χ3v) is 5.00. The minimum absolute atomic E-state index is 0.138. The first-order valence-corrected chi connectivity index (χ1v) is 8.87. The van der Waals surface area contributed by atoms with Gasteiger partial charge < -0.3 is 15.2 Å². The number of fused-ring (bicyclic) bond motifs is 1. The number of rotatable bonds is 4. The highest BCUT2D eigenvalue weighted by molar-refractivity contribution is 7.17.